The lowest BCUT2D eigenvalue weighted by atomic mass is 10.1. The predicted octanol–water partition coefficient (Wildman–Crippen LogP) is 2.10. The van der Waals surface area contributed by atoms with Crippen LogP contribution in [0, 0.1) is 5.92 Å². The van der Waals surface area contributed by atoms with E-state index in [4.69, 9.17) is 11.6 Å². The molecule has 0 aliphatic carbocycles. The molecule has 3 rings (SSSR count). The summed E-state index contributed by atoms with van der Waals surface area (Å²) in [5, 5.41) is 0.617. The Balaban J connectivity index is 1.56. The number of benzene rings is 1. The number of amides is 3. The van der Waals surface area contributed by atoms with Gasteiger partial charge in [0.05, 0.1) is 6.54 Å². The molecule has 30 heavy (non-hydrogen) atoms. The van der Waals surface area contributed by atoms with Crippen molar-refractivity contribution in [3.63, 3.8) is 0 Å². The van der Waals surface area contributed by atoms with E-state index in [2.05, 4.69) is 4.90 Å². The van der Waals surface area contributed by atoms with Crippen LogP contribution < -0.4 is 4.90 Å². The average Bonchev–Trinajstić information content (AvgIpc) is 2.96. The molecule has 2 aliphatic heterocycles. The number of likely N-dealkylation sites (N-methyl/N-ethyl adjacent to an activating group) is 1. The van der Waals surface area contributed by atoms with Gasteiger partial charge in [-0.3, -0.25) is 19.3 Å². The van der Waals surface area contributed by atoms with Crippen molar-refractivity contribution in [2.45, 2.75) is 26.7 Å². The molecule has 2 aliphatic rings. The van der Waals surface area contributed by atoms with Gasteiger partial charge in [0, 0.05) is 56.5 Å². The summed E-state index contributed by atoms with van der Waals surface area (Å²) >= 11 is 5.94. The van der Waals surface area contributed by atoms with Crippen LogP contribution in [0.2, 0.25) is 5.02 Å². The van der Waals surface area contributed by atoms with E-state index in [0.717, 1.165) is 18.7 Å². The van der Waals surface area contributed by atoms with E-state index < -0.39 is 5.92 Å². The van der Waals surface area contributed by atoms with Crippen LogP contribution >= 0.6 is 11.6 Å². The van der Waals surface area contributed by atoms with Crippen LogP contribution in [0.25, 0.3) is 0 Å². The highest BCUT2D eigenvalue weighted by atomic mass is 35.5. The fraction of sp³-hybridized carbons (Fsp3) is 0.591. The van der Waals surface area contributed by atoms with Crippen molar-refractivity contribution >= 4 is 35.0 Å². The van der Waals surface area contributed by atoms with Gasteiger partial charge in [0.2, 0.25) is 17.7 Å². The maximum atomic E-state index is 13.1. The van der Waals surface area contributed by atoms with Crippen molar-refractivity contribution in [3.8, 4) is 0 Å². The van der Waals surface area contributed by atoms with Crippen LogP contribution in [0.3, 0.4) is 0 Å². The van der Waals surface area contributed by atoms with E-state index in [1.807, 2.05) is 30.9 Å². The highest BCUT2D eigenvalue weighted by molar-refractivity contribution is 6.30. The number of nitrogens with zero attached hydrogens (tertiary/aromatic N) is 4. The van der Waals surface area contributed by atoms with Gasteiger partial charge in [-0.25, -0.2) is 0 Å². The van der Waals surface area contributed by atoms with Crippen LogP contribution in [-0.2, 0) is 14.4 Å². The summed E-state index contributed by atoms with van der Waals surface area (Å²) in [6, 6.07) is 7.12. The van der Waals surface area contributed by atoms with Gasteiger partial charge in [-0.2, -0.15) is 0 Å². The van der Waals surface area contributed by atoms with Crippen LogP contribution in [0.1, 0.15) is 26.7 Å². The smallest absolute Gasteiger partial charge is 0.239 e. The van der Waals surface area contributed by atoms with Crippen molar-refractivity contribution in [2.75, 3.05) is 57.3 Å². The molecule has 1 aromatic rings. The molecular formula is C22H31ClN4O3. The van der Waals surface area contributed by atoms with Gasteiger partial charge >= 0.3 is 0 Å². The second kappa shape index (κ2) is 10.3. The van der Waals surface area contributed by atoms with Gasteiger partial charge in [-0.1, -0.05) is 11.6 Å². The Morgan fingerprint density at radius 1 is 1.03 bits per heavy atom. The molecule has 0 saturated carbocycles. The maximum absolute atomic E-state index is 13.1. The molecule has 2 fully saturated rings. The molecule has 2 saturated heterocycles. The largest absolute Gasteiger partial charge is 0.342 e. The molecule has 0 aromatic heterocycles. The molecule has 1 unspecified atom stereocenters. The molecule has 3 amide bonds. The number of anilines is 1. The molecule has 1 aromatic carbocycles. The Hall–Kier alpha value is -2.12. The van der Waals surface area contributed by atoms with Gasteiger partial charge in [0.1, 0.15) is 5.92 Å². The molecule has 1 atom stereocenters. The second-order valence-corrected chi connectivity index (χ2v) is 8.27. The van der Waals surface area contributed by atoms with Gasteiger partial charge in [0.25, 0.3) is 0 Å². The summed E-state index contributed by atoms with van der Waals surface area (Å²) in [5.74, 6) is -0.720. The third-order valence-electron chi connectivity index (χ3n) is 6.02. The number of rotatable bonds is 6. The van der Waals surface area contributed by atoms with E-state index >= 15 is 0 Å². The highest BCUT2D eigenvalue weighted by Gasteiger charge is 2.40. The zero-order valence-corrected chi connectivity index (χ0v) is 18.6. The summed E-state index contributed by atoms with van der Waals surface area (Å²) in [6.45, 7) is 8.92. The van der Waals surface area contributed by atoms with Crippen molar-refractivity contribution < 1.29 is 14.4 Å². The van der Waals surface area contributed by atoms with Crippen molar-refractivity contribution in [2.24, 2.45) is 5.92 Å². The zero-order chi connectivity index (χ0) is 21.7. The first kappa shape index (κ1) is 22.6. The Morgan fingerprint density at radius 3 is 2.40 bits per heavy atom. The minimum atomic E-state index is -0.621. The first-order valence-electron chi connectivity index (χ1n) is 10.8. The number of hydrogen-bond acceptors (Lipinski definition) is 4. The fourth-order valence-electron chi connectivity index (χ4n) is 4.22. The first-order chi connectivity index (χ1) is 14.4. The van der Waals surface area contributed by atoms with Crippen molar-refractivity contribution in [1.29, 1.82) is 0 Å². The molecule has 0 N–H and O–H groups in total. The Bertz CT molecular complexity index is 766. The molecule has 0 bridgehead atoms. The number of carbonyl (C=O) groups is 3. The summed E-state index contributed by atoms with van der Waals surface area (Å²) in [4.78, 5) is 45.8. The van der Waals surface area contributed by atoms with E-state index in [1.54, 1.807) is 21.9 Å². The lowest BCUT2D eigenvalue weighted by Crippen LogP contribution is -2.43. The highest BCUT2D eigenvalue weighted by Crippen LogP contribution is 2.28. The molecule has 8 heteroatoms. The van der Waals surface area contributed by atoms with Gasteiger partial charge < -0.3 is 14.7 Å². The average molecular weight is 435 g/mol. The first-order valence-corrected chi connectivity index (χ1v) is 11.2. The Morgan fingerprint density at radius 2 is 1.73 bits per heavy atom. The van der Waals surface area contributed by atoms with Crippen LogP contribution in [0.4, 0.5) is 5.69 Å². The molecule has 0 spiro atoms. The van der Waals surface area contributed by atoms with E-state index in [1.165, 1.54) is 0 Å². The summed E-state index contributed by atoms with van der Waals surface area (Å²) < 4.78 is 0. The van der Waals surface area contributed by atoms with E-state index in [9.17, 15) is 14.4 Å². The third-order valence-corrected chi connectivity index (χ3v) is 6.27. The van der Waals surface area contributed by atoms with Gasteiger partial charge in [-0.15, -0.1) is 0 Å². The van der Waals surface area contributed by atoms with Gasteiger partial charge in [0.15, 0.2) is 0 Å². The predicted molar refractivity (Wildman–Crippen MR) is 117 cm³/mol. The number of halogens is 1. The number of hydrogen-bond donors (Lipinski definition) is 0. The van der Waals surface area contributed by atoms with Crippen LogP contribution in [0.5, 0.6) is 0 Å². The monoisotopic (exact) mass is 434 g/mol. The van der Waals surface area contributed by atoms with E-state index in [0.29, 0.717) is 57.3 Å². The van der Waals surface area contributed by atoms with Gasteiger partial charge in [-0.05, 0) is 51.0 Å². The van der Waals surface area contributed by atoms with Crippen molar-refractivity contribution in [1.82, 2.24) is 14.7 Å². The summed E-state index contributed by atoms with van der Waals surface area (Å²) in [5.41, 5.74) is 0.775. The Kier molecular flexibility index (Phi) is 7.72. The standard InChI is InChI=1S/C22H31ClN4O3/c1-3-25(4-2)20(28)16-24-11-5-12-26(15-14-24)21(29)19-10-13-27(22(19)30)18-8-6-17(23)7-9-18/h6-9,19H,3-5,10-16H2,1-2H3. The fourth-order valence-corrected chi connectivity index (χ4v) is 4.35. The number of carbonyl (C=O) groups excluding carboxylic acids is 3. The lowest BCUT2D eigenvalue weighted by molar-refractivity contribution is -0.139. The molecule has 164 valence electrons. The quantitative estimate of drug-likeness (QED) is 0.643. The third kappa shape index (κ3) is 5.13. The zero-order valence-electron chi connectivity index (χ0n) is 17.8. The van der Waals surface area contributed by atoms with Crippen molar-refractivity contribution in [3.05, 3.63) is 29.3 Å². The van der Waals surface area contributed by atoms with Crippen LogP contribution in [-0.4, -0.2) is 84.8 Å². The lowest BCUT2D eigenvalue weighted by Gasteiger charge is -2.26. The summed E-state index contributed by atoms with van der Waals surface area (Å²) in [6.07, 6.45) is 1.33. The molecular weight excluding hydrogens is 404 g/mol. The topological polar surface area (TPSA) is 64.2 Å². The SMILES string of the molecule is CCN(CC)C(=O)CN1CCCN(C(=O)C2CCN(c3ccc(Cl)cc3)C2=O)CC1. The van der Waals surface area contributed by atoms with E-state index in [-0.39, 0.29) is 17.7 Å². The van der Waals surface area contributed by atoms with Crippen LogP contribution in [0.15, 0.2) is 24.3 Å². The Labute approximate surface area is 183 Å². The normalized spacial score (nSPS) is 20.4. The molecule has 2 heterocycles. The summed E-state index contributed by atoms with van der Waals surface area (Å²) in [7, 11) is 0. The maximum Gasteiger partial charge on any atom is 0.239 e. The minimum absolute atomic E-state index is 0.0895. The molecule has 0 radical (unpaired) electrons. The second-order valence-electron chi connectivity index (χ2n) is 7.83. The minimum Gasteiger partial charge on any atom is -0.342 e. The molecule has 7 nitrogen and oxygen atoms in total.